The van der Waals surface area contributed by atoms with Crippen LogP contribution >= 0.6 is 0 Å². The van der Waals surface area contributed by atoms with Gasteiger partial charge in [-0.15, -0.1) is 0 Å². The summed E-state index contributed by atoms with van der Waals surface area (Å²) in [7, 11) is -1.51. The van der Waals surface area contributed by atoms with Crippen molar-refractivity contribution in [3.63, 3.8) is 0 Å². The van der Waals surface area contributed by atoms with E-state index in [1.807, 2.05) is 0 Å². The van der Waals surface area contributed by atoms with Crippen LogP contribution in [-0.4, -0.2) is 46.4 Å². The molecule has 21 heavy (non-hydrogen) atoms. The largest absolute Gasteiger partial charge is 0.493 e. The molecule has 1 rings (SSSR count). The number of ether oxygens (including phenoxy) is 2. The maximum atomic E-state index is 13.9. The van der Waals surface area contributed by atoms with E-state index in [1.54, 1.807) is 0 Å². The zero-order chi connectivity index (χ0) is 16.2. The Hall–Kier alpha value is -1.42. The smallest absolute Gasteiger partial charge is 0.243 e. The van der Waals surface area contributed by atoms with Gasteiger partial charge in [0.05, 0.1) is 20.3 Å². The number of methoxy groups -OCH3 is 2. The number of sulfonamides is 1. The van der Waals surface area contributed by atoms with Crippen LogP contribution in [0, 0.1) is 5.82 Å². The van der Waals surface area contributed by atoms with E-state index in [2.05, 4.69) is 4.72 Å². The van der Waals surface area contributed by atoms with Gasteiger partial charge in [-0.3, -0.25) is 0 Å². The number of nitrogens with two attached hydrogens (primary N) is 1. The molecule has 4 N–H and O–H groups in total. The average Bonchev–Trinajstić information content (AvgIpc) is 2.43. The average molecular weight is 322 g/mol. The number of aliphatic hydroxyl groups is 1. The molecule has 2 atom stereocenters. The number of halogens is 1. The molecular weight excluding hydrogens is 303 g/mol. The molecule has 1 aromatic rings. The number of rotatable bonds is 7. The second kappa shape index (κ2) is 7.03. The highest BCUT2D eigenvalue weighted by Gasteiger charge is 2.23. The lowest BCUT2D eigenvalue weighted by Crippen LogP contribution is -2.43. The molecule has 0 amide bonds. The Morgan fingerprint density at radius 2 is 1.86 bits per heavy atom. The molecule has 0 heterocycles. The van der Waals surface area contributed by atoms with Crippen LogP contribution in [0.4, 0.5) is 4.39 Å². The molecule has 9 heteroatoms. The summed E-state index contributed by atoms with van der Waals surface area (Å²) in [6.45, 7) is 1.20. The number of hydrogen-bond acceptors (Lipinski definition) is 6. The van der Waals surface area contributed by atoms with Gasteiger partial charge < -0.3 is 20.3 Å². The number of hydrogen-bond donors (Lipinski definition) is 3. The van der Waals surface area contributed by atoms with E-state index in [-0.39, 0.29) is 18.0 Å². The van der Waals surface area contributed by atoms with E-state index >= 15 is 0 Å². The van der Waals surface area contributed by atoms with Crippen molar-refractivity contribution in [2.24, 2.45) is 5.73 Å². The summed E-state index contributed by atoms with van der Waals surface area (Å²) in [6.07, 6.45) is -0.900. The van der Waals surface area contributed by atoms with Crippen molar-refractivity contribution in [3.05, 3.63) is 17.9 Å². The highest BCUT2D eigenvalue weighted by molar-refractivity contribution is 7.89. The number of aliphatic hydroxyl groups excluding tert-OH is 1. The quantitative estimate of drug-likeness (QED) is 0.643. The molecular formula is C12H19FN2O5S. The van der Waals surface area contributed by atoms with Gasteiger partial charge in [0.15, 0.2) is 11.5 Å². The van der Waals surface area contributed by atoms with Gasteiger partial charge in [-0.25, -0.2) is 17.5 Å². The molecule has 0 aliphatic heterocycles. The van der Waals surface area contributed by atoms with Crippen LogP contribution in [0.3, 0.4) is 0 Å². The van der Waals surface area contributed by atoms with Crippen molar-refractivity contribution in [1.82, 2.24) is 4.72 Å². The van der Waals surface area contributed by atoms with Crippen molar-refractivity contribution in [2.45, 2.75) is 24.0 Å². The van der Waals surface area contributed by atoms with E-state index in [0.717, 1.165) is 12.1 Å². The number of benzene rings is 1. The minimum Gasteiger partial charge on any atom is -0.493 e. The van der Waals surface area contributed by atoms with Crippen molar-refractivity contribution in [1.29, 1.82) is 0 Å². The fourth-order valence-electron chi connectivity index (χ4n) is 1.50. The fraction of sp³-hybridized carbons (Fsp3) is 0.500. The maximum Gasteiger partial charge on any atom is 0.243 e. The van der Waals surface area contributed by atoms with Crippen LogP contribution in [0.5, 0.6) is 11.5 Å². The number of nitrogens with one attached hydrogen (secondary N) is 1. The third kappa shape index (κ3) is 4.27. The highest BCUT2D eigenvalue weighted by Crippen LogP contribution is 2.31. The molecule has 0 spiro atoms. The Morgan fingerprint density at radius 1 is 1.33 bits per heavy atom. The van der Waals surface area contributed by atoms with E-state index in [4.69, 9.17) is 15.2 Å². The molecule has 7 nitrogen and oxygen atoms in total. The summed E-state index contributed by atoms with van der Waals surface area (Å²) >= 11 is 0. The van der Waals surface area contributed by atoms with Crippen molar-refractivity contribution < 1.29 is 27.4 Å². The minimum absolute atomic E-state index is 0.0784. The van der Waals surface area contributed by atoms with Crippen molar-refractivity contribution in [3.8, 4) is 11.5 Å². The topological polar surface area (TPSA) is 111 Å². The predicted octanol–water partition coefficient (Wildman–Crippen LogP) is -0.171. The Bertz CT molecular complexity index is 592. The highest BCUT2D eigenvalue weighted by atomic mass is 32.2. The van der Waals surface area contributed by atoms with Crippen LogP contribution < -0.4 is 19.9 Å². The molecule has 0 fully saturated rings. The van der Waals surface area contributed by atoms with Crippen molar-refractivity contribution in [2.75, 3.05) is 20.8 Å². The van der Waals surface area contributed by atoms with Gasteiger partial charge in [-0.2, -0.15) is 0 Å². The third-order valence-electron chi connectivity index (χ3n) is 2.86. The normalized spacial score (nSPS) is 14.6. The lowest BCUT2D eigenvalue weighted by Gasteiger charge is -2.16. The summed E-state index contributed by atoms with van der Waals surface area (Å²) < 4.78 is 50.0. The molecule has 120 valence electrons. The van der Waals surface area contributed by atoms with Crippen LogP contribution in [-0.2, 0) is 10.0 Å². The van der Waals surface area contributed by atoms with E-state index in [0.29, 0.717) is 0 Å². The maximum absolute atomic E-state index is 13.9. The summed E-state index contributed by atoms with van der Waals surface area (Å²) in [4.78, 5) is -0.585. The van der Waals surface area contributed by atoms with E-state index < -0.39 is 32.9 Å². The van der Waals surface area contributed by atoms with Gasteiger partial charge in [0.25, 0.3) is 0 Å². The zero-order valence-electron chi connectivity index (χ0n) is 12.0. The fourth-order valence-corrected chi connectivity index (χ4v) is 2.64. The van der Waals surface area contributed by atoms with Gasteiger partial charge in [-0.1, -0.05) is 0 Å². The first kappa shape index (κ1) is 17.6. The molecule has 0 radical (unpaired) electrons. The molecule has 0 aliphatic rings. The molecule has 0 bridgehead atoms. The van der Waals surface area contributed by atoms with Crippen LogP contribution in [0.1, 0.15) is 6.92 Å². The molecule has 1 aromatic carbocycles. The lowest BCUT2D eigenvalue weighted by molar-refractivity contribution is 0.164. The molecule has 2 unspecified atom stereocenters. The van der Waals surface area contributed by atoms with Crippen LogP contribution in [0.15, 0.2) is 17.0 Å². The van der Waals surface area contributed by atoms with Gasteiger partial charge in [0.2, 0.25) is 10.0 Å². The Balaban J connectivity index is 3.08. The summed E-state index contributed by atoms with van der Waals surface area (Å²) in [5, 5.41) is 9.22. The zero-order valence-corrected chi connectivity index (χ0v) is 12.8. The first-order valence-corrected chi connectivity index (χ1v) is 7.56. The van der Waals surface area contributed by atoms with Crippen LogP contribution in [0.2, 0.25) is 0 Å². The van der Waals surface area contributed by atoms with Gasteiger partial charge >= 0.3 is 0 Å². The lowest BCUT2D eigenvalue weighted by atomic mass is 10.2. The monoisotopic (exact) mass is 322 g/mol. The second-order valence-electron chi connectivity index (χ2n) is 4.39. The first-order valence-electron chi connectivity index (χ1n) is 6.07. The van der Waals surface area contributed by atoms with E-state index in [1.165, 1.54) is 21.1 Å². The molecule has 0 saturated carbocycles. The van der Waals surface area contributed by atoms with Gasteiger partial charge in [0.1, 0.15) is 10.7 Å². The SMILES string of the molecule is COc1cc(F)c(S(=O)(=O)NCC(N)C(C)O)cc1OC. The Morgan fingerprint density at radius 3 is 2.33 bits per heavy atom. The Labute approximate surface area is 122 Å². The Kier molecular flexibility index (Phi) is 5.90. The summed E-state index contributed by atoms with van der Waals surface area (Å²) in [5.41, 5.74) is 5.53. The standard InChI is InChI=1S/C12H19FN2O5S/c1-7(16)9(14)6-15-21(17,18)12-5-11(20-3)10(19-2)4-8(12)13/h4-5,7,9,15-16H,6,14H2,1-3H3. The van der Waals surface area contributed by atoms with Crippen molar-refractivity contribution >= 4 is 10.0 Å². The minimum atomic E-state index is -4.13. The van der Waals surface area contributed by atoms with Gasteiger partial charge in [0, 0.05) is 24.7 Å². The second-order valence-corrected chi connectivity index (χ2v) is 6.13. The third-order valence-corrected chi connectivity index (χ3v) is 4.29. The van der Waals surface area contributed by atoms with Gasteiger partial charge in [-0.05, 0) is 6.92 Å². The predicted molar refractivity (Wildman–Crippen MR) is 74.3 cm³/mol. The summed E-state index contributed by atoms with van der Waals surface area (Å²) in [6, 6.07) is 1.13. The molecule has 0 saturated heterocycles. The molecule has 0 aliphatic carbocycles. The first-order chi connectivity index (χ1) is 9.72. The molecule has 0 aromatic heterocycles. The van der Waals surface area contributed by atoms with Crippen LogP contribution in [0.25, 0.3) is 0 Å². The summed E-state index contributed by atoms with van der Waals surface area (Å²) in [5.74, 6) is -0.820. The van der Waals surface area contributed by atoms with E-state index in [9.17, 15) is 17.9 Å².